The highest BCUT2D eigenvalue weighted by Gasteiger charge is 2.19. The van der Waals surface area contributed by atoms with Gasteiger partial charge in [-0.25, -0.2) is 5.43 Å². The molecule has 0 saturated heterocycles. The van der Waals surface area contributed by atoms with Crippen LogP contribution in [0.4, 0.5) is 5.69 Å². The van der Waals surface area contributed by atoms with E-state index in [0.29, 0.717) is 5.75 Å². The maximum atomic E-state index is 11.8. The lowest BCUT2D eigenvalue weighted by Crippen LogP contribution is -2.24. The molecule has 0 unspecified atom stereocenters. The molecule has 0 spiro atoms. The van der Waals surface area contributed by atoms with Crippen molar-refractivity contribution in [2.24, 2.45) is 5.10 Å². The second kappa shape index (κ2) is 8.65. The Morgan fingerprint density at radius 3 is 2.70 bits per heavy atom. The van der Waals surface area contributed by atoms with E-state index in [2.05, 4.69) is 10.5 Å². The molecule has 27 heavy (non-hydrogen) atoms. The van der Waals surface area contributed by atoms with Crippen molar-refractivity contribution in [3.63, 3.8) is 0 Å². The molecule has 0 aromatic heterocycles. The number of methoxy groups -OCH3 is 1. The molecule has 2 aromatic carbocycles. The minimum atomic E-state index is -0.744. The van der Waals surface area contributed by atoms with Crippen molar-refractivity contribution in [1.29, 1.82) is 0 Å². The summed E-state index contributed by atoms with van der Waals surface area (Å²) in [4.78, 5) is 22.0. The number of nitro groups is 1. The molecule has 0 aliphatic rings. The van der Waals surface area contributed by atoms with E-state index >= 15 is 0 Å². The molecule has 0 saturated carbocycles. The van der Waals surface area contributed by atoms with Crippen LogP contribution in [0.5, 0.6) is 17.2 Å². The molecule has 9 heteroatoms. The third-order valence-electron chi connectivity index (χ3n) is 3.60. The minimum absolute atomic E-state index is 0.0739. The molecule has 2 N–H and O–H groups in total. The Kier molecular flexibility index (Phi) is 6.32. The van der Waals surface area contributed by atoms with Gasteiger partial charge in [0.05, 0.1) is 18.2 Å². The van der Waals surface area contributed by atoms with E-state index in [1.54, 1.807) is 0 Å². The van der Waals surface area contributed by atoms with Crippen molar-refractivity contribution < 1.29 is 24.3 Å². The zero-order chi connectivity index (χ0) is 20.0. The molecule has 0 fully saturated rings. The molecule has 0 atom stereocenters. The number of nitrogens with one attached hydrogen (secondary N) is 1. The van der Waals surface area contributed by atoms with Gasteiger partial charge in [-0.1, -0.05) is 12.1 Å². The Morgan fingerprint density at radius 2 is 2.04 bits per heavy atom. The number of carbonyl (C=O) groups excluding carboxylic acids is 1. The summed E-state index contributed by atoms with van der Waals surface area (Å²) in [6.07, 6.45) is 1.20. The Labute approximate surface area is 155 Å². The number of phenolic OH excluding ortho intramolecular Hbond substituents is 1. The van der Waals surface area contributed by atoms with Crippen LogP contribution in [0.25, 0.3) is 0 Å². The van der Waals surface area contributed by atoms with Gasteiger partial charge in [0.2, 0.25) is 5.75 Å². The van der Waals surface area contributed by atoms with Crippen LogP contribution in [0.2, 0.25) is 0 Å². The maximum absolute atomic E-state index is 11.8. The van der Waals surface area contributed by atoms with Crippen molar-refractivity contribution in [1.82, 2.24) is 5.43 Å². The van der Waals surface area contributed by atoms with Gasteiger partial charge >= 0.3 is 5.69 Å². The first kappa shape index (κ1) is 19.7. The molecule has 0 aliphatic carbocycles. The molecule has 0 bridgehead atoms. The highest BCUT2D eigenvalue weighted by molar-refractivity contribution is 5.85. The molecule has 2 rings (SSSR count). The third-order valence-corrected chi connectivity index (χ3v) is 3.60. The fourth-order valence-corrected chi connectivity index (χ4v) is 2.20. The zero-order valence-corrected chi connectivity index (χ0v) is 15.1. The number of benzene rings is 2. The number of carbonyl (C=O) groups is 1. The topological polar surface area (TPSA) is 123 Å². The number of amides is 1. The maximum Gasteiger partial charge on any atom is 0.315 e. The number of nitro benzene ring substituents is 1. The SMILES string of the molecule is COc1cc(C=NNC(=O)COc2cc(C)ccc2C)cc([N+](=O)[O-])c1O. The second-order valence-electron chi connectivity index (χ2n) is 5.70. The minimum Gasteiger partial charge on any atom is -0.500 e. The molecule has 142 valence electrons. The van der Waals surface area contributed by atoms with Gasteiger partial charge in [0.15, 0.2) is 12.4 Å². The monoisotopic (exact) mass is 373 g/mol. The van der Waals surface area contributed by atoms with E-state index in [4.69, 9.17) is 9.47 Å². The lowest BCUT2D eigenvalue weighted by atomic mass is 10.1. The number of nitrogens with zero attached hydrogens (tertiary/aromatic N) is 2. The Bertz CT molecular complexity index is 895. The largest absolute Gasteiger partial charge is 0.500 e. The molecule has 2 aromatic rings. The first-order valence-electron chi connectivity index (χ1n) is 7.89. The number of phenols is 1. The van der Waals surface area contributed by atoms with Crippen LogP contribution in [0.3, 0.4) is 0 Å². The number of hydrogen-bond donors (Lipinski definition) is 2. The fraction of sp³-hybridized carbons (Fsp3) is 0.222. The highest BCUT2D eigenvalue weighted by atomic mass is 16.6. The molecule has 0 heterocycles. The fourth-order valence-electron chi connectivity index (χ4n) is 2.20. The summed E-state index contributed by atoms with van der Waals surface area (Å²) in [7, 11) is 1.27. The van der Waals surface area contributed by atoms with Crippen LogP contribution in [0.1, 0.15) is 16.7 Å². The summed E-state index contributed by atoms with van der Waals surface area (Å²) in [5, 5.41) is 24.4. The zero-order valence-electron chi connectivity index (χ0n) is 15.1. The van der Waals surface area contributed by atoms with Crippen molar-refractivity contribution in [2.45, 2.75) is 13.8 Å². The van der Waals surface area contributed by atoms with Gasteiger partial charge in [-0.3, -0.25) is 14.9 Å². The molecule has 0 radical (unpaired) electrons. The molecule has 9 nitrogen and oxygen atoms in total. The molecule has 1 amide bonds. The number of ether oxygens (including phenoxy) is 2. The van der Waals surface area contributed by atoms with E-state index in [1.807, 2.05) is 32.0 Å². The van der Waals surface area contributed by atoms with Crippen molar-refractivity contribution >= 4 is 17.8 Å². The van der Waals surface area contributed by atoms with Crippen molar-refractivity contribution in [3.05, 3.63) is 57.1 Å². The van der Waals surface area contributed by atoms with Gasteiger partial charge in [0, 0.05) is 11.6 Å². The Morgan fingerprint density at radius 1 is 1.30 bits per heavy atom. The Balaban J connectivity index is 2.00. The van der Waals surface area contributed by atoms with Crippen LogP contribution in [-0.2, 0) is 4.79 Å². The molecular weight excluding hydrogens is 354 g/mol. The summed E-state index contributed by atoms with van der Waals surface area (Å²) in [5.41, 5.74) is 3.93. The van der Waals surface area contributed by atoms with E-state index < -0.39 is 22.3 Å². The smallest absolute Gasteiger partial charge is 0.315 e. The van der Waals surface area contributed by atoms with Crippen LogP contribution >= 0.6 is 0 Å². The average molecular weight is 373 g/mol. The standard InChI is InChI=1S/C18H19N3O6/c1-11-4-5-12(2)15(6-11)27-10-17(22)20-19-9-13-7-14(21(24)25)18(23)16(8-13)26-3/h4-9,23H,10H2,1-3H3,(H,20,22). The van der Waals surface area contributed by atoms with E-state index in [-0.39, 0.29) is 17.9 Å². The summed E-state index contributed by atoms with van der Waals surface area (Å²) >= 11 is 0. The number of aryl methyl sites for hydroxylation is 2. The lowest BCUT2D eigenvalue weighted by molar-refractivity contribution is -0.386. The third kappa shape index (κ3) is 5.18. The number of hydrazone groups is 1. The van der Waals surface area contributed by atoms with Crippen molar-refractivity contribution in [2.75, 3.05) is 13.7 Å². The normalized spacial score (nSPS) is 10.6. The predicted molar refractivity (Wildman–Crippen MR) is 98.5 cm³/mol. The molecular formula is C18H19N3O6. The van der Waals surface area contributed by atoms with Gasteiger partial charge in [0.1, 0.15) is 5.75 Å². The number of aromatic hydroxyl groups is 1. The van der Waals surface area contributed by atoms with Gasteiger partial charge in [-0.15, -0.1) is 0 Å². The second-order valence-corrected chi connectivity index (χ2v) is 5.70. The van der Waals surface area contributed by atoms with Crippen LogP contribution in [-0.4, -0.2) is 35.9 Å². The van der Waals surface area contributed by atoms with Crippen molar-refractivity contribution in [3.8, 4) is 17.2 Å². The first-order chi connectivity index (χ1) is 12.8. The highest BCUT2D eigenvalue weighted by Crippen LogP contribution is 2.36. The van der Waals surface area contributed by atoms with Crippen LogP contribution in [0.15, 0.2) is 35.4 Å². The van der Waals surface area contributed by atoms with E-state index in [9.17, 15) is 20.0 Å². The summed E-state index contributed by atoms with van der Waals surface area (Å²) in [6, 6.07) is 8.13. The van der Waals surface area contributed by atoms with E-state index in [0.717, 1.165) is 17.2 Å². The van der Waals surface area contributed by atoms with Crippen LogP contribution in [0, 0.1) is 24.0 Å². The summed E-state index contributed by atoms with van der Waals surface area (Å²) < 4.78 is 10.3. The van der Waals surface area contributed by atoms with E-state index in [1.165, 1.54) is 19.4 Å². The summed E-state index contributed by atoms with van der Waals surface area (Å²) in [6.45, 7) is 3.55. The lowest BCUT2D eigenvalue weighted by Gasteiger charge is -2.09. The van der Waals surface area contributed by atoms with Gasteiger partial charge in [-0.2, -0.15) is 5.10 Å². The number of hydrogen-bond acceptors (Lipinski definition) is 7. The van der Waals surface area contributed by atoms with Gasteiger partial charge in [-0.05, 0) is 37.1 Å². The molecule has 0 aliphatic heterocycles. The van der Waals surface area contributed by atoms with Gasteiger partial charge in [0.25, 0.3) is 5.91 Å². The quantitative estimate of drug-likeness (QED) is 0.436. The average Bonchev–Trinajstić information content (AvgIpc) is 2.63. The Hall–Kier alpha value is -3.62. The van der Waals surface area contributed by atoms with Crippen LogP contribution < -0.4 is 14.9 Å². The first-order valence-corrected chi connectivity index (χ1v) is 7.89. The summed E-state index contributed by atoms with van der Waals surface area (Å²) in [5.74, 6) is -0.540. The number of rotatable bonds is 7. The predicted octanol–water partition coefficient (Wildman–Crippen LogP) is 2.45. The van der Waals surface area contributed by atoms with Gasteiger partial charge < -0.3 is 14.6 Å².